The highest BCUT2D eigenvalue weighted by atomic mass is 16.5. The van der Waals surface area contributed by atoms with Crippen molar-refractivity contribution in [3.8, 4) is 0 Å². The molecule has 1 amide bonds. The Morgan fingerprint density at radius 1 is 1.27 bits per heavy atom. The van der Waals surface area contributed by atoms with Crippen LogP contribution in [-0.2, 0) is 9.53 Å². The Labute approximate surface area is 130 Å². The fraction of sp³-hybridized carbons (Fsp3) is 0.500. The Hall–Kier alpha value is -2.08. The second-order valence-corrected chi connectivity index (χ2v) is 5.45. The lowest BCUT2D eigenvalue weighted by Crippen LogP contribution is -2.36. The zero-order valence-electron chi connectivity index (χ0n) is 12.7. The Morgan fingerprint density at radius 3 is 2.50 bits per heavy atom. The molecule has 6 nitrogen and oxygen atoms in total. The van der Waals surface area contributed by atoms with E-state index in [0.29, 0.717) is 12.0 Å². The number of amides is 1. The largest absolute Gasteiger partial charge is 0.481 e. The number of carbonyl (C=O) groups excluding carboxylic acids is 1. The minimum absolute atomic E-state index is 0.0530. The molecule has 6 heteroatoms. The maximum atomic E-state index is 12.1. The number of aliphatic carboxylic acids is 1. The number of nitrogens with zero attached hydrogens (tertiary/aromatic N) is 1. The number of anilines is 1. The molecule has 2 rings (SSSR count). The first-order valence-electron chi connectivity index (χ1n) is 7.51. The molecule has 1 aromatic carbocycles. The predicted molar refractivity (Wildman–Crippen MR) is 83.3 cm³/mol. The standard InChI is InChI=1S/C16H22N2O4/c1-12(2-7-15(19)20)17-16(21)13-3-5-14(6-4-13)18-8-10-22-11-9-18/h3-6,12H,2,7-11H2,1H3,(H,17,21)(H,19,20). The van der Waals surface area contributed by atoms with Crippen molar-refractivity contribution in [2.45, 2.75) is 25.8 Å². The topological polar surface area (TPSA) is 78.9 Å². The summed E-state index contributed by atoms with van der Waals surface area (Å²) in [5.74, 6) is -1.03. The van der Waals surface area contributed by atoms with Crippen LogP contribution in [0.4, 0.5) is 5.69 Å². The summed E-state index contributed by atoms with van der Waals surface area (Å²) < 4.78 is 5.32. The number of carboxylic acid groups (broad SMARTS) is 1. The quantitative estimate of drug-likeness (QED) is 0.833. The average molecular weight is 306 g/mol. The molecule has 120 valence electrons. The predicted octanol–water partition coefficient (Wildman–Crippen LogP) is 1.51. The van der Waals surface area contributed by atoms with Gasteiger partial charge in [-0.2, -0.15) is 0 Å². The van der Waals surface area contributed by atoms with Crippen LogP contribution in [0.1, 0.15) is 30.1 Å². The molecule has 2 N–H and O–H groups in total. The molecular formula is C16H22N2O4. The smallest absolute Gasteiger partial charge is 0.303 e. The summed E-state index contributed by atoms with van der Waals surface area (Å²) in [6.45, 7) is 4.98. The van der Waals surface area contributed by atoms with E-state index >= 15 is 0 Å². The van der Waals surface area contributed by atoms with Crippen molar-refractivity contribution in [1.29, 1.82) is 0 Å². The van der Waals surface area contributed by atoms with E-state index in [-0.39, 0.29) is 18.4 Å². The van der Waals surface area contributed by atoms with Crippen LogP contribution in [0.3, 0.4) is 0 Å². The molecule has 1 aliphatic rings. The van der Waals surface area contributed by atoms with Gasteiger partial charge < -0.3 is 20.1 Å². The third kappa shape index (κ3) is 4.73. The van der Waals surface area contributed by atoms with Gasteiger partial charge >= 0.3 is 5.97 Å². The molecular weight excluding hydrogens is 284 g/mol. The van der Waals surface area contributed by atoms with Crippen molar-refractivity contribution in [1.82, 2.24) is 5.32 Å². The zero-order chi connectivity index (χ0) is 15.9. The van der Waals surface area contributed by atoms with Gasteiger partial charge in [0, 0.05) is 36.8 Å². The maximum Gasteiger partial charge on any atom is 0.303 e. The Kier molecular flexibility index (Phi) is 5.77. The van der Waals surface area contributed by atoms with Crippen LogP contribution in [0.25, 0.3) is 0 Å². The number of hydrogen-bond acceptors (Lipinski definition) is 4. The van der Waals surface area contributed by atoms with E-state index in [4.69, 9.17) is 9.84 Å². The molecule has 1 atom stereocenters. The summed E-state index contributed by atoms with van der Waals surface area (Å²) in [5.41, 5.74) is 1.66. The minimum Gasteiger partial charge on any atom is -0.481 e. The number of nitrogens with one attached hydrogen (secondary N) is 1. The second kappa shape index (κ2) is 7.79. The lowest BCUT2D eigenvalue weighted by Gasteiger charge is -2.28. The summed E-state index contributed by atoms with van der Waals surface area (Å²) >= 11 is 0. The van der Waals surface area contributed by atoms with Crippen LogP contribution in [0.5, 0.6) is 0 Å². The molecule has 22 heavy (non-hydrogen) atoms. The number of carbonyl (C=O) groups is 2. The van der Waals surface area contributed by atoms with Gasteiger partial charge in [0.2, 0.25) is 0 Å². The van der Waals surface area contributed by atoms with Gasteiger partial charge in [0.1, 0.15) is 0 Å². The van der Waals surface area contributed by atoms with Crippen molar-refractivity contribution < 1.29 is 19.4 Å². The first-order chi connectivity index (χ1) is 10.6. The molecule has 0 bridgehead atoms. The van der Waals surface area contributed by atoms with Crippen LogP contribution >= 0.6 is 0 Å². The van der Waals surface area contributed by atoms with Gasteiger partial charge in [0.25, 0.3) is 5.91 Å². The van der Waals surface area contributed by atoms with Crippen LogP contribution in [0, 0.1) is 0 Å². The first kappa shape index (κ1) is 16.3. The van der Waals surface area contributed by atoms with E-state index in [1.807, 2.05) is 19.1 Å². The van der Waals surface area contributed by atoms with Crippen molar-refractivity contribution in [2.75, 3.05) is 31.2 Å². The van der Waals surface area contributed by atoms with Gasteiger partial charge in [0.05, 0.1) is 13.2 Å². The summed E-state index contributed by atoms with van der Waals surface area (Å²) in [5, 5.41) is 11.5. The van der Waals surface area contributed by atoms with E-state index < -0.39 is 5.97 Å². The number of morpholine rings is 1. The Morgan fingerprint density at radius 2 is 1.91 bits per heavy atom. The lowest BCUT2D eigenvalue weighted by molar-refractivity contribution is -0.137. The van der Waals surface area contributed by atoms with Crippen molar-refractivity contribution in [3.05, 3.63) is 29.8 Å². The summed E-state index contributed by atoms with van der Waals surface area (Å²) in [4.78, 5) is 24.8. The molecule has 0 saturated carbocycles. The highest BCUT2D eigenvalue weighted by Crippen LogP contribution is 2.16. The number of benzene rings is 1. The summed E-state index contributed by atoms with van der Waals surface area (Å²) in [6, 6.07) is 7.29. The fourth-order valence-corrected chi connectivity index (χ4v) is 2.36. The van der Waals surface area contributed by atoms with Crippen LogP contribution in [0.2, 0.25) is 0 Å². The van der Waals surface area contributed by atoms with Crippen LogP contribution in [-0.4, -0.2) is 49.3 Å². The van der Waals surface area contributed by atoms with Gasteiger partial charge in [-0.05, 0) is 37.6 Å². The molecule has 1 unspecified atom stereocenters. The van der Waals surface area contributed by atoms with E-state index in [1.165, 1.54) is 0 Å². The number of hydrogen-bond donors (Lipinski definition) is 2. The molecule has 0 radical (unpaired) electrons. The van der Waals surface area contributed by atoms with E-state index in [9.17, 15) is 9.59 Å². The molecule has 1 fully saturated rings. The second-order valence-electron chi connectivity index (χ2n) is 5.45. The molecule has 1 saturated heterocycles. The SMILES string of the molecule is CC(CCC(=O)O)NC(=O)c1ccc(N2CCOCC2)cc1. The molecule has 0 spiro atoms. The van der Waals surface area contributed by atoms with Gasteiger partial charge in [-0.25, -0.2) is 0 Å². The van der Waals surface area contributed by atoms with E-state index in [2.05, 4.69) is 10.2 Å². The maximum absolute atomic E-state index is 12.1. The summed E-state index contributed by atoms with van der Waals surface area (Å²) in [6.07, 6.45) is 0.477. The first-order valence-corrected chi connectivity index (χ1v) is 7.51. The minimum atomic E-state index is -0.851. The Bertz CT molecular complexity index is 509. The highest BCUT2D eigenvalue weighted by Gasteiger charge is 2.13. The van der Waals surface area contributed by atoms with Crippen molar-refractivity contribution >= 4 is 17.6 Å². The lowest BCUT2D eigenvalue weighted by atomic mass is 10.1. The fourth-order valence-electron chi connectivity index (χ4n) is 2.36. The van der Waals surface area contributed by atoms with Crippen molar-refractivity contribution in [3.63, 3.8) is 0 Å². The average Bonchev–Trinajstić information content (AvgIpc) is 2.54. The Balaban J connectivity index is 1.89. The number of rotatable bonds is 6. The monoisotopic (exact) mass is 306 g/mol. The van der Waals surface area contributed by atoms with Gasteiger partial charge in [-0.15, -0.1) is 0 Å². The molecule has 0 aromatic heterocycles. The third-order valence-electron chi connectivity index (χ3n) is 3.67. The van der Waals surface area contributed by atoms with Crippen molar-refractivity contribution in [2.24, 2.45) is 0 Å². The number of carboxylic acids is 1. The third-order valence-corrected chi connectivity index (χ3v) is 3.67. The molecule has 1 heterocycles. The van der Waals surface area contributed by atoms with Gasteiger partial charge in [-0.3, -0.25) is 9.59 Å². The van der Waals surface area contributed by atoms with Gasteiger partial charge in [0.15, 0.2) is 0 Å². The number of ether oxygens (including phenoxy) is 1. The van der Waals surface area contributed by atoms with Gasteiger partial charge in [-0.1, -0.05) is 0 Å². The molecule has 1 aliphatic heterocycles. The zero-order valence-corrected chi connectivity index (χ0v) is 12.7. The van der Waals surface area contributed by atoms with Crippen LogP contribution < -0.4 is 10.2 Å². The molecule has 1 aromatic rings. The van der Waals surface area contributed by atoms with Crippen LogP contribution in [0.15, 0.2) is 24.3 Å². The molecule has 0 aliphatic carbocycles. The highest BCUT2D eigenvalue weighted by molar-refractivity contribution is 5.94. The normalized spacial score (nSPS) is 16.1. The van der Waals surface area contributed by atoms with E-state index in [1.54, 1.807) is 12.1 Å². The summed E-state index contributed by atoms with van der Waals surface area (Å²) in [7, 11) is 0. The van der Waals surface area contributed by atoms with E-state index in [0.717, 1.165) is 32.0 Å².